The molecule has 0 radical (unpaired) electrons. The highest BCUT2D eigenvalue weighted by Gasteiger charge is 2.59. The summed E-state index contributed by atoms with van der Waals surface area (Å²) in [6.07, 6.45) is 8.48. The van der Waals surface area contributed by atoms with Gasteiger partial charge in [0.2, 0.25) is 13.6 Å². The third-order valence-corrected chi connectivity index (χ3v) is 13.0. The summed E-state index contributed by atoms with van der Waals surface area (Å²) >= 11 is 0. The van der Waals surface area contributed by atoms with E-state index in [0.29, 0.717) is 23.0 Å². The van der Waals surface area contributed by atoms with Crippen molar-refractivity contribution < 1.29 is 47.5 Å². The Morgan fingerprint density at radius 1 is 0.654 bits per heavy atom. The Morgan fingerprint density at radius 3 is 1.50 bits per heavy atom. The molecule has 2 fully saturated rings. The predicted octanol–water partition coefficient (Wildman–Crippen LogP) is 4.48. The van der Waals surface area contributed by atoms with E-state index in [1.54, 1.807) is 14.2 Å². The number of nitrogens with zero attached hydrogens (tertiary/aromatic N) is 2. The first-order valence-corrected chi connectivity index (χ1v) is 18.7. The number of esters is 2. The molecule has 12 nitrogen and oxygen atoms in total. The van der Waals surface area contributed by atoms with E-state index in [1.165, 1.54) is 11.1 Å². The van der Waals surface area contributed by atoms with E-state index >= 15 is 0 Å². The fraction of sp³-hybridized carbons (Fsp3) is 0.550. The lowest BCUT2D eigenvalue weighted by molar-refractivity contribution is -0.157. The van der Waals surface area contributed by atoms with Gasteiger partial charge in [-0.05, 0) is 110 Å². The van der Waals surface area contributed by atoms with Crippen molar-refractivity contribution in [2.45, 2.75) is 86.5 Å². The number of methoxy groups -OCH3 is 2. The van der Waals surface area contributed by atoms with E-state index in [0.717, 1.165) is 87.3 Å². The van der Waals surface area contributed by atoms with Crippen LogP contribution in [0.3, 0.4) is 0 Å². The number of hydrogen-bond donors (Lipinski definition) is 0. The van der Waals surface area contributed by atoms with Gasteiger partial charge in [0.15, 0.2) is 35.2 Å². The number of ether oxygens (including phenoxy) is 8. The van der Waals surface area contributed by atoms with Crippen molar-refractivity contribution in [3.63, 3.8) is 0 Å². The number of fused-ring (bicyclic) bond motifs is 6. The predicted molar refractivity (Wildman–Crippen MR) is 184 cm³/mol. The maximum Gasteiger partial charge on any atom is 0.307 e. The van der Waals surface area contributed by atoms with Crippen LogP contribution in [0.1, 0.15) is 72.6 Å². The number of rotatable bonds is 7. The summed E-state index contributed by atoms with van der Waals surface area (Å²) in [4.78, 5) is 32.5. The Morgan fingerprint density at radius 2 is 1.08 bits per heavy atom. The van der Waals surface area contributed by atoms with Crippen LogP contribution in [-0.4, -0.2) is 99.0 Å². The van der Waals surface area contributed by atoms with Crippen molar-refractivity contribution in [2.24, 2.45) is 0 Å². The average Bonchev–Trinajstić information content (AvgIpc) is 4.00. The third kappa shape index (κ3) is 4.72. The summed E-state index contributed by atoms with van der Waals surface area (Å²) in [5, 5.41) is 0. The van der Waals surface area contributed by atoms with Gasteiger partial charge in [-0.15, -0.1) is 0 Å². The zero-order valence-corrected chi connectivity index (χ0v) is 29.6. The van der Waals surface area contributed by atoms with Gasteiger partial charge in [-0.25, -0.2) is 0 Å². The lowest BCUT2D eigenvalue weighted by Crippen LogP contribution is -2.47. The fourth-order valence-electron chi connectivity index (χ4n) is 10.8. The van der Waals surface area contributed by atoms with Gasteiger partial charge in [0.05, 0.1) is 50.0 Å². The molecule has 0 bridgehead atoms. The molecule has 0 aromatic heterocycles. The normalized spacial score (nSPS) is 31.9. The zero-order chi connectivity index (χ0) is 35.2. The van der Waals surface area contributed by atoms with Gasteiger partial charge in [-0.1, -0.05) is 0 Å². The maximum absolute atomic E-state index is 13.7. The smallest absolute Gasteiger partial charge is 0.307 e. The van der Waals surface area contributed by atoms with Crippen molar-refractivity contribution in [1.29, 1.82) is 0 Å². The van der Waals surface area contributed by atoms with Gasteiger partial charge < -0.3 is 37.9 Å². The maximum atomic E-state index is 13.7. The third-order valence-electron chi connectivity index (χ3n) is 13.0. The van der Waals surface area contributed by atoms with E-state index in [2.05, 4.69) is 46.2 Å². The van der Waals surface area contributed by atoms with Crippen LogP contribution in [-0.2, 0) is 41.4 Å². The van der Waals surface area contributed by atoms with Crippen molar-refractivity contribution in [3.8, 4) is 23.0 Å². The molecule has 2 spiro atoms. The minimum Gasteiger partial charge on any atom is -0.497 e. The van der Waals surface area contributed by atoms with Crippen molar-refractivity contribution in [3.05, 3.63) is 70.2 Å². The molecular weight excluding hydrogens is 668 g/mol. The molecule has 12 heteroatoms. The molecule has 6 heterocycles. The second kappa shape index (κ2) is 12.1. The summed E-state index contributed by atoms with van der Waals surface area (Å²) in [5.41, 5.74) is 3.84. The summed E-state index contributed by atoms with van der Waals surface area (Å²) in [6, 6.07) is 8.29. The molecule has 2 aliphatic carbocycles. The van der Waals surface area contributed by atoms with E-state index in [4.69, 9.17) is 37.9 Å². The van der Waals surface area contributed by atoms with Crippen LogP contribution in [0.4, 0.5) is 0 Å². The number of carbonyl (C=O) groups excluding carboxylic acids is 2. The van der Waals surface area contributed by atoms with Crippen LogP contribution in [0.15, 0.2) is 47.9 Å². The molecule has 52 heavy (non-hydrogen) atoms. The summed E-state index contributed by atoms with van der Waals surface area (Å²) in [5.74, 6) is 2.87. The topological polar surface area (TPSA) is 114 Å². The first-order chi connectivity index (χ1) is 25.4. The van der Waals surface area contributed by atoms with Crippen molar-refractivity contribution in [1.82, 2.24) is 9.80 Å². The Bertz CT molecular complexity index is 1770. The standard InChI is InChI=1S/C40H44N2O10/c1-45-31-19-39-9-3-11-41(39)13-7-23-15-27-29(49-21-47-27)17-25(23)35(39)37(31)51-33(43)5-6-34(44)52-38-32(46-2)20-40-10-4-12-42(40)14-8-24-16-28-30(50-22-48-28)18-26(24)36(38)40/h15-20,35-38H,3-14,21-22H2,1-2H3/t35-,36-,37-,38-,39+,40+/m1/s1. The van der Waals surface area contributed by atoms with Crippen LogP contribution in [0.25, 0.3) is 0 Å². The molecule has 0 unspecified atom stereocenters. The molecular formula is C40H44N2O10. The zero-order valence-electron chi connectivity index (χ0n) is 29.6. The molecule has 6 atom stereocenters. The van der Waals surface area contributed by atoms with E-state index in [1.807, 2.05) is 0 Å². The number of carbonyl (C=O) groups is 2. The van der Waals surface area contributed by atoms with E-state index in [-0.39, 0.29) is 49.3 Å². The monoisotopic (exact) mass is 712 g/mol. The molecule has 10 rings (SSSR count). The number of hydrogen-bond acceptors (Lipinski definition) is 12. The second-order valence-electron chi connectivity index (χ2n) is 15.3. The summed E-state index contributed by atoms with van der Waals surface area (Å²) in [7, 11) is 3.26. The minimum atomic E-state index is -0.646. The van der Waals surface area contributed by atoms with Gasteiger partial charge in [-0.2, -0.15) is 0 Å². The molecule has 8 aliphatic rings. The van der Waals surface area contributed by atoms with Crippen LogP contribution >= 0.6 is 0 Å². The van der Waals surface area contributed by atoms with E-state index < -0.39 is 24.1 Å². The van der Waals surface area contributed by atoms with Gasteiger partial charge in [0.1, 0.15) is 11.5 Å². The van der Waals surface area contributed by atoms with Gasteiger partial charge in [0, 0.05) is 13.1 Å². The van der Waals surface area contributed by atoms with Crippen LogP contribution in [0, 0.1) is 0 Å². The highest BCUT2D eigenvalue weighted by atomic mass is 16.7. The Balaban J connectivity index is 0.890. The summed E-state index contributed by atoms with van der Waals surface area (Å²) in [6.45, 7) is 4.08. The second-order valence-corrected chi connectivity index (χ2v) is 15.3. The first kappa shape index (κ1) is 32.2. The minimum absolute atomic E-state index is 0.125. The van der Waals surface area contributed by atoms with Crippen molar-refractivity contribution in [2.75, 3.05) is 54.0 Å². The quantitative estimate of drug-likeness (QED) is 0.377. The Labute approximate surface area is 302 Å². The molecule has 0 amide bonds. The Hall–Kier alpha value is -4.42. The molecule has 2 aromatic rings. The van der Waals surface area contributed by atoms with Crippen LogP contribution < -0.4 is 18.9 Å². The lowest BCUT2D eigenvalue weighted by Gasteiger charge is -2.39. The van der Waals surface area contributed by atoms with Gasteiger partial charge in [0.25, 0.3) is 0 Å². The molecule has 274 valence electrons. The molecule has 6 aliphatic heterocycles. The SMILES string of the molecule is COC1=C[C@]23CCCN2CCc2cc4c(cc2[C@@H]3[C@@H]1OC(=O)CCC(=O)O[C@@H]1C(OC)=C[C@]23CCCN2CCc2cc5c(cc2[C@H]13)OCO5)OCO4. The number of benzene rings is 2. The van der Waals surface area contributed by atoms with E-state index in [9.17, 15) is 9.59 Å². The lowest BCUT2D eigenvalue weighted by atomic mass is 9.77. The molecule has 0 N–H and O–H groups in total. The summed E-state index contributed by atoms with van der Waals surface area (Å²) < 4.78 is 47.5. The van der Waals surface area contributed by atoms with Crippen molar-refractivity contribution >= 4 is 11.9 Å². The molecule has 0 saturated carbocycles. The average molecular weight is 713 g/mol. The van der Waals surface area contributed by atoms with Gasteiger partial charge in [-0.3, -0.25) is 19.4 Å². The molecule has 2 aromatic carbocycles. The van der Waals surface area contributed by atoms with Gasteiger partial charge >= 0.3 is 11.9 Å². The van der Waals surface area contributed by atoms with Crippen LogP contribution in [0.2, 0.25) is 0 Å². The highest BCUT2D eigenvalue weighted by molar-refractivity contribution is 5.78. The largest absolute Gasteiger partial charge is 0.497 e. The highest BCUT2D eigenvalue weighted by Crippen LogP contribution is 2.57. The van der Waals surface area contributed by atoms with Crippen LogP contribution in [0.5, 0.6) is 23.0 Å². The fourth-order valence-corrected chi connectivity index (χ4v) is 10.8. The Kier molecular flexibility index (Phi) is 7.48. The molecule has 2 saturated heterocycles. The first-order valence-electron chi connectivity index (χ1n) is 18.7.